The van der Waals surface area contributed by atoms with Crippen LogP contribution < -0.4 is 5.73 Å². The average molecular weight is 348 g/mol. The first-order chi connectivity index (χ1) is 12.3. The molecular weight excluding hydrogens is 328 g/mol. The summed E-state index contributed by atoms with van der Waals surface area (Å²) >= 11 is 1.64. The van der Waals surface area contributed by atoms with Crippen LogP contribution in [0.1, 0.15) is 24.4 Å². The molecule has 0 saturated carbocycles. The lowest BCUT2D eigenvalue weighted by Gasteiger charge is -2.01. The molecule has 0 aliphatic heterocycles. The molecule has 4 aromatic rings. The molecule has 5 heteroatoms. The van der Waals surface area contributed by atoms with Crippen molar-refractivity contribution >= 4 is 27.4 Å². The second-order valence-electron chi connectivity index (χ2n) is 5.23. The van der Waals surface area contributed by atoms with Gasteiger partial charge < -0.3 is 5.73 Å². The van der Waals surface area contributed by atoms with E-state index in [1.54, 1.807) is 11.3 Å². The highest BCUT2D eigenvalue weighted by atomic mass is 32.1. The molecule has 0 spiro atoms. The van der Waals surface area contributed by atoms with Crippen molar-refractivity contribution < 1.29 is 0 Å². The number of hydrogen-bond donors (Lipinski definition) is 1. The summed E-state index contributed by atoms with van der Waals surface area (Å²) in [6, 6.07) is 17.9. The lowest BCUT2D eigenvalue weighted by atomic mass is 10.2. The first-order valence-electron chi connectivity index (χ1n) is 8.31. The third-order valence-corrected chi connectivity index (χ3v) is 4.62. The Balaban J connectivity index is 0.000000880. The minimum absolute atomic E-state index is 0.525. The van der Waals surface area contributed by atoms with Crippen molar-refractivity contribution in [3.05, 3.63) is 71.4 Å². The predicted octanol–water partition coefficient (Wildman–Crippen LogP) is 4.95. The van der Waals surface area contributed by atoms with E-state index in [4.69, 9.17) is 5.73 Å². The molecule has 3 heterocycles. The van der Waals surface area contributed by atoms with Gasteiger partial charge in [0.25, 0.3) is 0 Å². The molecule has 0 amide bonds. The number of benzene rings is 1. The monoisotopic (exact) mass is 348 g/mol. The Kier molecular flexibility index (Phi) is 5.36. The van der Waals surface area contributed by atoms with Crippen molar-refractivity contribution in [3.8, 4) is 11.4 Å². The van der Waals surface area contributed by atoms with Gasteiger partial charge in [-0.15, -0.1) is 11.3 Å². The van der Waals surface area contributed by atoms with Crippen molar-refractivity contribution in [2.75, 3.05) is 5.73 Å². The van der Waals surface area contributed by atoms with Gasteiger partial charge in [-0.05, 0) is 18.2 Å². The molecule has 0 radical (unpaired) electrons. The lowest BCUT2D eigenvalue weighted by molar-refractivity contribution is 1.10. The number of fused-ring (bicyclic) bond motifs is 1. The van der Waals surface area contributed by atoms with Gasteiger partial charge in [-0.25, -0.2) is 9.97 Å². The number of hydrogen-bond acceptors (Lipinski definition) is 5. The third kappa shape index (κ3) is 3.83. The molecule has 0 atom stereocenters. The SMILES string of the molecule is CC.Nc1nc(-c2ccccc2)nc2sc(Cc3ccccn3)cc12. The molecule has 4 nitrogen and oxygen atoms in total. The smallest absolute Gasteiger partial charge is 0.163 e. The fraction of sp³-hybridized carbons (Fsp3) is 0.150. The van der Waals surface area contributed by atoms with Gasteiger partial charge in [0.2, 0.25) is 0 Å². The number of rotatable bonds is 3. The summed E-state index contributed by atoms with van der Waals surface area (Å²) in [5.41, 5.74) is 8.15. The van der Waals surface area contributed by atoms with Gasteiger partial charge in [-0.1, -0.05) is 50.2 Å². The van der Waals surface area contributed by atoms with Gasteiger partial charge >= 0.3 is 0 Å². The number of nitrogens with zero attached hydrogens (tertiary/aromatic N) is 3. The summed E-state index contributed by atoms with van der Waals surface area (Å²) in [4.78, 5) is 15.6. The molecule has 0 aliphatic rings. The van der Waals surface area contributed by atoms with Crippen molar-refractivity contribution in [3.63, 3.8) is 0 Å². The zero-order valence-corrected chi connectivity index (χ0v) is 15.1. The molecule has 0 unspecified atom stereocenters. The number of nitrogen functional groups attached to an aromatic ring is 1. The van der Waals surface area contributed by atoms with Gasteiger partial charge in [-0.3, -0.25) is 4.98 Å². The van der Waals surface area contributed by atoms with Crippen LogP contribution in [-0.4, -0.2) is 15.0 Å². The summed E-state index contributed by atoms with van der Waals surface area (Å²) in [6.07, 6.45) is 2.59. The molecule has 25 heavy (non-hydrogen) atoms. The van der Waals surface area contributed by atoms with Gasteiger partial charge in [0.1, 0.15) is 10.6 Å². The number of aromatic nitrogens is 3. The highest BCUT2D eigenvalue weighted by Crippen LogP contribution is 2.30. The van der Waals surface area contributed by atoms with E-state index in [1.165, 1.54) is 4.88 Å². The number of anilines is 1. The minimum Gasteiger partial charge on any atom is -0.383 e. The van der Waals surface area contributed by atoms with Crippen LogP contribution in [0.5, 0.6) is 0 Å². The predicted molar refractivity (Wildman–Crippen MR) is 106 cm³/mol. The zero-order chi connectivity index (χ0) is 17.6. The molecule has 0 saturated heterocycles. The quantitative estimate of drug-likeness (QED) is 0.569. The van der Waals surface area contributed by atoms with Gasteiger partial charge in [0, 0.05) is 28.8 Å². The maximum Gasteiger partial charge on any atom is 0.163 e. The first-order valence-corrected chi connectivity index (χ1v) is 9.12. The number of nitrogens with two attached hydrogens (primary N) is 1. The fourth-order valence-electron chi connectivity index (χ4n) is 2.48. The molecule has 2 N–H and O–H groups in total. The van der Waals surface area contributed by atoms with Crippen LogP contribution in [0.2, 0.25) is 0 Å². The molecule has 1 aromatic carbocycles. The Morgan fingerprint density at radius 3 is 2.44 bits per heavy atom. The molecule has 126 valence electrons. The van der Waals surface area contributed by atoms with E-state index < -0.39 is 0 Å². The van der Waals surface area contributed by atoms with Crippen LogP contribution in [0.3, 0.4) is 0 Å². The third-order valence-electron chi connectivity index (χ3n) is 3.59. The van der Waals surface area contributed by atoms with Crippen LogP contribution in [0.15, 0.2) is 60.8 Å². The summed E-state index contributed by atoms with van der Waals surface area (Å²) in [6.45, 7) is 4.00. The molecule has 0 fully saturated rings. The molecule has 4 rings (SSSR count). The molecule has 0 aliphatic carbocycles. The zero-order valence-electron chi connectivity index (χ0n) is 14.3. The topological polar surface area (TPSA) is 64.7 Å². The highest BCUT2D eigenvalue weighted by Gasteiger charge is 2.11. The van der Waals surface area contributed by atoms with Crippen LogP contribution in [0, 0.1) is 0 Å². The van der Waals surface area contributed by atoms with Crippen molar-refractivity contribution in [2.24, 2.45) is 0 Å². The Morgan fingerprint density at radius 1 is 0.960 bits per heavy atom. The minimum atomic E-state index is 0.525. The van der Waals surface area contributed by atoms with Gasteiger partial charge in [-0.2, -0.15) is 0 Å². The molecule has 0 bridgehead atoms. The Hall–Kier alpha value is -2.79. The standard InChI is InChI=1S/C18H14N4S.C2H6/c19-16-15-11-14(10-13-8-4-5-9-20-13)23-18(15)22-17(21-16)12-6-2-1-3-7-12;1-2/h1-9,11H,10H2,(H2,19,21,22);1-2H3. The van der Waals surface area contributed by atoms with E-state index in [0.29, 0.717) is 11.6 Å². The maximum absolute atomic E-state index is 6.14. The van der Waals surface area contributed by atoms with Crippen LogP contribution in [0.4, 0.5) is 5.82 Å². The van der Waals surface area contributed by atoms with Crippen LogP contribution in [0.25, 0.3) is 21.6 Å². The normalized spacial score (nSPS) is 10.3. The summed E-state index contributed by atoms with van der Waals surface area (Å²) in [7, 11) is 0. The Labute approximate surface area is 151 Å². The lowest BCUT2D eigenvalue weighted by Crippen LogP contribution is -1.95. The Morgan fingerprint density at radius 2 is 1.72 bits per heavy atom. The van der Waals surface area contributed by atoms with Gasteiger partial charge in [0.05, 0.1) is 5.39 Å². The second kappa shape index (κ2) is 7.85. The molecule has 3 aromatic heterocycles. The first kappa shape index (κ1) is 17.0. The van der Waals surface area contributed by atoms with Crippen molar-refractivity contribution in [1.29, 1.82) is 0 Å². The molecular formula is C20H20N4S. The van der Waals surface area contributed by atoms with Crippen molar-refractivity contribution in [2.45, 2.75) is 20.3 Å². The largest absolute Gasteiger partial charge is 0.383 e. The Bertz CT molecular complexity index is 950. The van der Waals surface area contributed by atoms with E-state index in [2.05, 4.69) is 21.0 Å². The highest BCUT2D eigenvalue weighted by molar-refractivity contribution is 7.18. The van der Waals surface area contributed by atoms with Crippen LogP contribution in [-0.2, 0) is 6.42 Å². The summed E-state index contributed by atoms with van der Waals surface area (Å²) < 4.78 is 0. The van der Waals surface area contributed by atoms with E-state index in [1.807, 2.05) is 68.6 Å². The van der Waals surface area contributed by atoms with Crippen LogP contribution >= 0.6 is 11.3 Å². The second-order valence-corrected chi connectivity index (χ2v) is 6.34. The van der Waals surface area contributed by atoms with E-state index in [0.717, 1.165) is 27.9 Å². The maximum atomic E-state index is 6.14. The van der Waals surface area contributed by atoms with E-state index in [-0.39, 0.29) is 0 Å². The van der Waals surface area contributed by atoms with E-state index >= 15 is 0 Å². The number of thiophene rings is 1. The summed E-state index contributed by atoms with van der Waals surface area (Å²) in [5.74, 6) is 1.19. The van der Waals surface area contributed by atoms with Crippen molar-refractivity contribution in [1.82, 2.24) is 15.0 Å². The summed E-state index contributed by atoms with van der Waals surface area (Å²) in [5, 5.41) is 0.917. The average Bonchev–Trinajstić information content (AvgIpc) is 3.08. The van der Waals surface area contributed by atoms with E-state index in [9.17, 15) is 0 Å². The number of pyridine rings is 1. The van der Waals surface area contributed by atoms with Gasteiger partial charge in [0.15, 0.2) is 5.82 Å². The fourth-order valence-corrected chi connectivity index (χ4v) is 3.53.